The summed E-state index contributed by atoms with van der Waals surface area (Å²) >= 11 is 0.791. The Hall–Kier alpha value is -2.88. The van der Waals surface area contributed by atoms with Gasteiger partial charge in [0.05, 0.1) is 18.3 Å². The number of carbonyl (C=O) groups excluding carboxylic acids is 1. The number of furan rings is 1. The predicted octanol–water partition coefficient (Wildman–Crippen LogP) is 3.75. The molecule has 0 saturated heterocycles. The number of anilines is 1. The summed E-state index contributed by atoms with van der Waals surface area (Å²) < 4.78 is 68.4. The number of nitrogens with one attached hydrogen (secondary N) is 2. The van der Waals surface area contributed by atoms with Gasteiger partial charge >= 0.3 is 5.97 Å². The summed E-state index contributed by atoms with van der Waals surface area (Å²) in [5, 5.41) is 18.2. The number of carbonyl (C=O) groups is 1. The number of esters is 1. The zero-order valence-electron chi connectivity index (χ0n) is 23.1. The van der Waals surface area contributed by atoms with E-state index in [0.717, 1.165) is 29.7 Å². The summed E-state index contributed by atoms with van der Waals surface area (Å²) in [6.45, 7) is 10.9. The molecule has 2 aliphatic rings. The summed E-state index contributed by atoms with van der Waals surface area (Å²) in [5.41, 5.74) is 0.550. The van der Waals surface area contributed by atoms with Crippen LogP contribution in [0.2, 0.25) is 0 Å². The van der Waals surface area contributed by atoms with Crippen molar-refractivity contribution >= 4 is 48.9 Å². The Morgan fingerprint density at radius 1 is 1.30 bits per heavy atom. The Morgan fingerprint density at radius 3 is 2.50 bits per heavy atom. The molecule has 0 unspecified atom stereocenters. The number of hydrogen-bond donors (Lipinski definition) is 3. The summed E-state index contributed by atoms with van der Waals surface area (Å²) in [6.07, 6.45) is 1.49. The fraction of sp³-hybridized carbons (Fsp3) is 0.520. The van der Waals surface area contributed by atoms with E-state index in [-0.39, 0.29) is 46.5 Å². The Bertz CT molecular complexity index is 1560. The molecular weight excluding hydrogens is 580 g/mol. The molecule has 12 nitrogen and oxygen atoms in total. The minimum Gasteiger partial charge on any atom is -0.504 e. The first-order valence-corrected chi connectivity index (χ1v) is 16.7. The van der Waals surface area contributed by atoms with Crippen molar-refractivity contribution in [3.63, 3.8) is 0 Å². The van der Waals surface area contributed by atoms with Crippen molar-refractivity contribution in [1.82, 2.24) is 9.62 Å². The van der Waals surface area contributed by atoms with E-state index in [4.69, 9.17) is 9.15 Å². The normalized spacial score (nSPS) is 17.9. The molecule has 4 rings (SSSR count). The minimum absolute atomic E-state index is 0.0897. The average molecular weight is 615 g/mol. The zero-order valence-corrected chi connectivity index (χ0v) is 25.6. The summed E-state index contributed by atoms with van der Waals surface area (Å²) in [5.74, 6) is -0.770. The molecule has 40 heavy (non-hydrogen) atoms. The number of rotatable bonds is 11. The number of sulfonamides is 2. The third kappa shape index (κ3) is 5.64. The first kappa shape index (κ1) is 30.1. The molecule has 3 heterocycles. The average Bonchev–Trinajstić information content (AvgIpc) is 3.45. The van der Waals surface area contributed by atoms with E-state index in [1.807, 2.05) is 33.8 Å². The van der Waals surface area contributed by atoms with Crippen LogP contribution in [-0.4, -0.2) is 57.2 Å². The molecule has 1 aliphatic carbocycles. The van der Waals surface area contributed by atoms with Crippen molar-refractivity contribution < 1.29 is 35.9 Å². The number of ether oxygens (including phenoxy) is 1. The molecule has 1 saturated carbocycles. The maximum absolute atomic E-state index is 13.3. The molecule has 0 amide bonds. The third-order valence-electron chi connectivity index (χ3n) is 6.65. The Morgan fingerprint density at radius 2 is 1.98 bits per heavy atom. The molecule has 3 N–H and O–H groups in total. The summed E-state index contributed by atoms with van der Waals surface area (Å²) in [7, 11) is -8.50. The molecule has 1 atom stereocenters. The van der Waals surface area contributed by atoms with E-state index in [0.29, 0.717) is 11.5 Å². The highest BCUT2D eigenvalue weighted by atomic mass is 32.2. The van der Waals surface area contributed by atoms with Crippen molar-refractivity contribution in [2.24, 2.45) is 10.3 Å². The first-order valence-electron chi connectivity index (χ1n) is 12.9. The van der Waals surface area contributed by atoms with Gasteiger partial charge in [0.15, 0.2) is 15.8 Å². The molecule has 2 aromatic heterocycles. The van der Waals surface area contributed by atoms with Gasteiger partial charge in [-0.25, -0.2) is 13.2 Å². The van der Waals surface area contributed by atoms with Gasteiger partial charge in [-0.15, -0.1) is 15.7 Å². The van der Waals surface area contributed by atoms with Gasteiger partial charge in [0.1, 0.15) is 17.2 Å². The maximum Gasteiger partial charge on any atom is 0.354 e. The number of aromatic hydroxyl groups is 1. The number of hydrogen-bond acceptors (Lipinski definition) is 11. The maximum atomic E-state index is 13.3. The lowest BCUT2D eigenvalue weighted by Crippen LogP contribution is -2.34. The second kappa shape index (κ2) is 11.2. The number of nitrogens with zero attached hydrogens (tertiary/aromatic N) is 2. The van der Waals surface area contributed by atoms with Gasteiger partial charge in [0.25, 0.3) is 20.0 Å². The van der Waals surface area contributed by atoms with Crippen molar-refractivity contribution in [1.29, 1.82) is 0 Å². The molecule has 0 radical (unpaired) electrons. The molecule has 15 heteroatoms. The lowest BCUT2D eigenvalue weighted by Gasteiger charge is -2.22. The number of amidine groups is 1. The third-order valence-corrected chi connectivity index (χ3v) is 11.5. The molecular formula is C25H34N4O8S3. The monoisotopic (exact) mass is 614 g/mol. The van der Waals surface area contributed by atoms with Crippen LogP contribution in [0.25, 0.3) is 0 Å². The molecule has 1 fully saturated rings. The lowest BCUT2D eigenvalue weighted by atomic mass is 10.0. The van der Waals surface area contributed by atoms with E-state index < -0.39 is 42.7 Å². The highest BCUT2D eigenvalue weighted by molar-refractivity contribution is 7.95. The van der Waals surface area contributed by atoms with Gasteiger partial charge in [-0.3, -0.25) is 0 Å². The minimum atomic E-state index is -4.51. The second-order valence-electron chi connectivity index (χ2n) is 9.94. The first-order chi connectivity index (χ1) is 18.7. The van der Waals surface area contributed by atoms with Crippen molar-refractivity contribution in [2.75, 3.05) is 18.5 Å². The Kier molecular flexibility index (Phi) is 8.41. The quantitative estimate of drug-likeness (QED) is 0.317. The SMILES string of the molecule is CCOC(=O)C1=C(Nc2csc(S(=O)(=O)N(CC)C3CC3)c2O)C(N[C@@H](c2cc(C)c(C)o2)C(C)C)=NS1(=O)=O. The fourth-order valence-electron chi connectivity index (χ4n) is 4.37. The Labute approximate surface area is 238 Å². The Balaban J connectivity index is 1.76. The zero-order chi connectivity index (χ0) is 29.6. The molecule has 1 aliphatic heterocycles. The van der Waals surface area contributed by atoms with Crippen molar-refractivity contribution in [2.45, 2.75) is 70.7 Å². The van der Waals surface area contributed by atoms with Crippen LogP contribution in [0.4, 0.5) is 5.69 Å². The summed E-state index contributed by atoms with van der Waals surface area (Å²) in [4.78, 5) is 12.1. The summed E-state index contributed by atoms with van der Waals surface area (Å²) in [6, 6.07) is 1.18. The van der Waals surface area contributed by atoms with Gasteiger partial charge in [0, 0.05) is 18.0 Å². The molecule has 0 bridgehead atoms. The fourth-order valence-corrected chi connectivity index (χ4v) is 8.57. The molecule has 0 aromatic carbocycles. The van der Waals surface area contributed by atoms with Crippen molar-refractivity contribution in [3.05, 3.63) is 39.1 Å². The van der Waals surface area contributed by atoms with Crippen LogP contribution >= 0.6 is 11.3 Å². The van der Waals surface area contributed by atoms with Crippen LogP contribution in [0.1, 0.15) is 63.7 Å². The smallest absolute Gasteiger partial charge is 0.354 e. The predicted molar refractivity (Wildman–Crippen MR) is 151 cm³/mol. The second-order valence-corrected chi connectivity index (χ2v) is 14.4. The largest absolute Gasteiger partial charge is 0.504 e. The van der Waals surface area contributed by atoms with Crippen LogP contribution in [0, 0.1) is 19.8 Å². The van der Waals surface area contributed by atoms with Gasteiger partial charge in [0.2, 0.25) is 4.91 Å². The van der Waals surface area contributed by atoms with E-state index in [2.05, 4.69) is 15.0 Å². The lowest BCUT2D eigenvalue weighted by molar-refractivity contribution is -0.137. The molecule has 0 spiro atoms. The van der Waals surface area contributed by atoms with Crippen LogP contribution in [0.5, 0.6) is 5.75 Å². The topological polar surface area (TPSA) is 168 Å². The van der Waals surface area contributed by atoms with Gasteiger partial charge in [-0.2, -0.15) is 12.7 Å². The van der Waals surface area contributed by atoms with E-state index >= 15 is 0 Å². The van der Waals surface area contributed by atoms with E-state index in [1.54, 1.807) is 6.92 Å². The van der Waals surface area contributed by atoms with Crippen LogP contribution < -0.4 is 10.6 Å². The van der Waals surface area contributed by atoms with Gasteiger partial charge in [-0.1, -0.05) is 20.8 Å². The van der Waals surface area contributed by atoms with Gasteiger partial charge < -0.3 is 24.9 Å². The van der Waals surface area contributed by atoms with Crippen molar-refractivity contribution in [3.8, 4) is 5.75 Å². The van der Waals surface area contributed by atoms with Crippen LogP contribution in [0.15, 0.2) is 35.1 Å². The molecule has 220 valence electrons. The van der Waals surface area contributed by atoms with Crippen LogP contribution in [-0.2, 0) is 29.6 Å². The highest BCUT2D eigenvalue weighted by Gasteiger charge is 2.42. The highest BCUT2D eigenvalue weighted by Crippen LogP contribution is 2.43. The number of thiophene rings is 1. The van der Waals surface area contributed by atoms with Crippen LogP contribution in [0.3, 0.4) is 0 Å². The van der Waals surface area contributed by atoms with E-state index in [1.165, 1.54) is 16.6 Å². The standard InChI is InChI=1S/C25H34N4O8S3/c1-7-29(16-9-10-16)40(34,35)25-21(30)17(12-38-25)26-20-22(24(31)36-8-2)39(32,33)28-23(20)27-19(13(3)4)18-11-14(5)15(6)37-18/h11-13,16,19,26,30H,7-10H2,1-6H3,(H,27,28)/t19-/m1/s1. The number of aryl methyl sites for hydroxylation is 2. The van der Waals surface area contributed by atoms with Gasteiger partial charge in [-0.05, 0) is 51.2 Å². The van der Waals surface area contributed by atoms with E-state index in [9.17, 15) is 26.7 Å². The molecule has 2 aromatic rings.